The van der Waals surface area contributed by atoms with Crippen molar-refractivity contribution in [1.29, 1.82) is 5.26 Å². The lowest BCUT2D eigenvalue weighted by atomic mass is 10.1. The van der Waals surface area contributed by atoms with Gasteiger partial charge in [-0.05, 0) is 66.6 Å². The molecule has 9 heteroatoms. The highest BCUT2D eigenvalue weighted by Gasteiger charge is 2.12. The Bertz CT molecular complexity index is 1270. The minimum Gasteiger partial charge on any atom is -0.490 e. The van der Waals surface area contributed by atoms with Gasteiger partial charge in [0.25, 0.3) is 11.6 Å². The average Bonchev–Trinajstić information content (AvgIpc) is 2.82. The lowest BCUT2D eigenvalue weighted by Crippen LogP contribution is -2.13. The molecule has 1 N–H and O–H groups in total. The van der Waals surface area contributed by atoms with Crippen LogP contribution in [-0.2, 0) is 11.4 Å². The lowest BCUT2D eigenvalue weighted by Gasteiger charge is -2.13. The molecule has 0 aliphatic heterocycles. The van der Waals surface area contributed by atoms with E-state index >= 15 is 0 Å². The number of ether oxygens (including phenoxy) is 2. The van der Waals surface area contributed by atoms with E-state index in [9.17, 15) is 20.2 Å². The van der Waals surface area contributed by atoms with Crippen LogP contribution in [-0.4, -0.2) is 17.4 Å². The number of carbonyl (C=O) groups is 1. The summed E-state index contributed by atoms with van der Waals surface area (Å²) >= 11 is 5.93. The number of carbonyl (C=O) groups excluding carboxylic acids is 1. The minimum absolute atomic E-state index is 0.00240. The van der Waals surface area contributed by atoms with E-state index in [1.165, 1.54) is 18.2 Å². The summed E-state index contributed by atoms with van der Waals surface area (Å²) in [6, 6.07) is 19.6. The Labute approximate surface area is 201 Å². The summed E-state index contributed by atoms with van der Waals surface area (Å²) in [5.41, 5.74) is 1.71. The van der Waals surface area contributed by atoms with Gasteiger partial charge in [0.05, 0.1) is 11.5 Å². The first-order valence-electron chi connectivity index (χ1n) is 10.2. The molecule has 0 aromatic heterocycles. The highest BCUT2D eigenvalue weighted by atomic mass is 35.5. The first-order chi connectivity index (χ1) is 16.4. The van der Waals surface area contributed by atoms with Gasteiger partial charge in [-0.1, -0.05) is 23.7 Å². The molecule has 0 aliphatic carbocycles. The highest BCUT2D eigenvalue weighted by molar-refractivity contribution is 6.31. The summed E-state index contributed by atoms with van der Waals surface area (Å²) < 4.78 is 11.5. The molecule has 0 aliphatic rings. The number of halogens is 1. The summed E-state index contributed by atoms with van der Waals surface area (Å²) in [6.07, 6.45) is 1.45. The molecule has 0 spiro atoms. The van der Waals surface area contributed by atoms with Crippen molar-refractivity contribution in [3.63, 3.8) is 0 Å². The van der Waals surface area contributed by atoms with Gasteiger partial charge in [0.1, 0.15) is 18.2 Å². The van der Waals surface area contributed by atoms with Crippen LogP contribution in [0.1, 0.15) is 18.1 Å². The van der Waals surface area contributed by atoms with Crippen molar-refractivity contribution in [1.82, 2.24) is 0 Å². The van der Waals surface area contributed by atoms with Crippen LogP contribution in [0.5, 0.6) is 11.5 Å². The van der Waals surface area contributed by atoms with Gasteiger partial charge in [-0.3, -0.25) is 14.9 Å². The number of amides is 1. The molecule has 0 fully saturated rings. The summed E-state index contributed by atoms with van der Waals surface area (Å²) in [5, 5.41) is 23.4. The van der Waals surface area contributed by atoms with Gasteiger partial charge in [-0.15, -0.1) is 0 Å². The van der Waals surface area contributed by atoms with Crippen molar-refractivity contribution in [2.24, 2.45) is 0 Å². The molecule has 3 rings (SSSR count). The van der Waals surface area contributed by atoms with Gasteiger partial charge in [0, 0.05) is 22.8 Å². The van der Waals surface area contributed by atoms with Crippen LogP contribution in [0.4, 0.5) is 11.4 Å². The fourth-order valence-electron chi connectivity index (χ4n) is 2.96. The summed E-state index contributed by atoms with van der Waals surface area (Å²) in [7, 11) is 0. The average molecular weight is 478 g/mol. The Balaban J connectivity index is 1.76. The van der Waals surface area contributed by atoms with Crippen molar-refractivity contribution in [2.45, 2.75) is 13.5 Å². The molecule has 0 bridgehead atoms. The largest absolute Gasteiger partial charge is 0.490 e. The minimum atomic E-state index is -0.568. The van der Waals surface area contributed by atoms with E-state index in [1.54, 1.807) is 54.6 Å². The summed E-state index contributed by atoms with van der Waals surface area (Å²) in [5.74, 6) is 0.325. The van der Waals surface area contributed by atoms with E-state index in [1.807, 2.05) is 13.0 Å². The van der Waals surface area contributed by atoms with E-state index < -0.39 is 10.8 Å². The van der Waals surface area contributed by atoms with Crippen molar-refractivity contribution in [3.05, 3.63) is 98.6 Å². The zero-order chi connectivity index (χ0) is 24.5. The Morgan fingerprint density at radius 2 is 1.88 bits per heavy atom. The molecule has 0 radical (unpaired) electrons. The van der Waals surface area contributed by atoms with Crippen LogP contribution in [0, 0.1) is 21.4 Å². The van der Waals surface area contributed by atoms with Crippen molar-refractivity contribution >= 4 is 35.0 Å². The second kappa shape index (κ2) is 11.5. The number of rotatable bonds is 9. The maximum absolute atomic E-state index is 12.5. The van der Waals surface area contributed by atoms with Crippen LogP contribution in [0.3, 0.4) is 0 Å². The fraction of sp³-hybridized carbons (Fsp3) is 0.120. The number of anilines is 1. The topological polar surface area (TPSA) is 114 Å². The van der Waals surface area contributed by atoms with Crippen molar-refractivity contribution < 1.29 is 19.2 Å². The Hall–Kier alpha value is -4.35. The Morgan fingerprint density at radius 1 is 1.12 bits per heavy atom. The van der Waals surface area contributed by atoms with E-state index in [0.717, 1.165) is 5.56 Å². The van der Waals surface area contributed by atoms with Crippen molar-refractivity contribution in [3.8, 4) is 17.6 Å². The van der Waals surface area contributed by atoms with E-state index in [0.29, 0.717) is 34.4 Å². The van der Waals surface area contributed by atoms with Gasteiger partial charge >= 0.3 is 0 Å². The maximum Gasteiger partial charge on any atom is 0.269 e. The fourth-order valence-corrected chi connectivity index (χ4v) is 3.15. The maximum atomic E-state index is 12.5. The quantitative estimate of drug-likeness (QED) is 0.181. The number of nitriles is 1. The van der Waals surface area contributed by atoms with Gasteiger partial charge < -0.3 is 14.8 Å². The summed E-state index contributed by atoms with van der Waals surface area (Å²) in [6.45, 7) is 2.38. The Morgan fingerprint density at radius 3 is 2.53 bits per heavy atom. The zero-order valence-electron chi connectivity index (χ0n) is 18.2. The first kappa shape index (κ1) is 24.3. The van der Waals surface area contributed by atoms with Crippen LogP contribution < -0.4 is 14.8 Å². The van der Waals surface area contributed by atoms with Crippen LogP contribution in [0.2, 0.25) is 5.02 Å². The normalized spacial score (nSPS) is 10.8. The van der Waals surface area contributed by atoms with Gasteiger partial charge in [0.15, 0.2) is 11.5 Å². The molecule has 172 valence electrons. The lowest BCUT2D eigenvalue weighted by molar-refractivity contribution is -0.384. The van der Waals surface area contributed by atoms with E-state index in [-0.39, 0.29) is 17.9 Å². The third-order valence-corrected chi connectivity index (χ3v) is 4.80. The monoisotopic (exact) mass is 477 g/mol. The number of nitrogens with zero attached hydrogens (tertiary/aromatic N) is 2. The molecule has 3 aromatic carbocycles. The van der Waals surface area contributed by atoms with Crippen LogP contribution in [0.25, 0.3) is 6.08 Å². The number of nitro benzene ring substituents is 1. The number of hydrogen-bond donors (Lipinski definition) is 1. The van der Waals surface area contributed by atoms with Gasteiger partial charge in [-0.25, -0.2) is 0 Å². The smallest absolute Gasteiger partial charge is 0.269 e. The number of hydrogen-bond acceptors (Lipinski definition) is 6. The zero-order valence-corrected chi connectivity index (χ0v) is 18.9. The second-order valence-corrected chi connectivity index (χ2v) is 7.42. The van der Waals surface area contributed by atoms with Gasteiger partial charge in [0.2, 0.25) is 0 Å². The molecule has 0 atom stereocenters. The third kappa shape index (κ3) is 6.58. The number of nitrogens with one attached hydrogen (secondary N) is 1. The molecule has 1 amide bonds. The van der Waals surface area contributed by atoms with Crippen molar-refractivity contribution in [2.75, 3.05) is 11.9 Å². The molecular formula is C25H20ClN3O5. The van der Waals surface area contributed by atoms with Crippen LogP contribution >= 0.6 is 11.6 Å². The Kier molecular flexibility index (Phi) is 8.21. The predicted molar refractivity (Wildman–Crippen MR) is 129 cm³/mol. The predicted octanol–water partition coefficient (Wildman–Crippen LogP) is 5.77. The molecule has 0 saturated carbocycles. The summed E-state index contributed by atoms with van der Waals surface area (Å²) in [4.78, 5) is 22.8. The first-order valence-corrected chi connectivity index (χ1v) is 10.6. The molecule has 3 aromatic rings. The van der Waals surface area contributed by atoms with Gasteiger partial charge in [-0.2, -0.15) is 5.26 Å². The number of nitro groups is 1. The molecule has 0 unspecified atom stereocenters. The molecule has 0 saturated heterocycles. The molecular weight excluding hydrogens is 458 g/mol. The number of benzene rings is 3. The number of non-ortho nitro benzene ring substituents is 1. The SMILES string of the molecule is CCOc1cc(/C=C(/C#N)C(=O)Nc2cccc(Cl)c2)ccc1OCc1ccc([N+](=O)[O-])cc1. The third-order valence-electron chi connectivity index (χ3n) is 4.57. The highest BCUT2D eigenvalue weighted by Crippen LogP contribution is 2.30. The molecule has 8 nitrogen and oxygen atoms in total. The van der Waals surface area contributed by atoms with E-state index in [2.05, 4.69) is 5.32 Å². The molecule has 34 heavy (non-hydrogen) atoms. The second-order valence-electron chi connectivity index (χ2n) is 6.99. The molecule has 0 heterocycles. The standard InChI is InChI=1S/C25H20ClN3O5/c1-2-33-24-13-18(12-19(15-27)25(30)28-21-5-3-4-20(26)14-21)8-11-23(24)34-16-17-6-9-22(10-7-17)29(31)32/h3-14H,2,16H2,1H3,(H,28,30)/b19-12-. The van der Waals surface area contributed by atoms with Crippen LogP contribution in [0.15, 0.2) is 72.3 Å². The van der Waals surface area contributed by atoms with E-state index in [4.69, 9.17) is 21.1 Å².